The monoisotopic (exact) mass is 264 g/mol. The minimum Gasteiger partial charge on any atom is -0.478 e. The van der Waals surface area contributed by atoms with E-state index in [9.17, 15) is 14.7 Å². The van der Waals surface area contributed by atoms with E-state index in [-0.39, 0.29) is 29.8 Å². The second kappa shape index (κ2) is 5.79. The van der Waals surface area contributed by atoms with Crippen LogP contribution in [0.5, 0.6) is 0 Å². The molecular formula is C13H16N2O4. The van der Waals surface area contributed by atoms with Crippen LogP contribution in [0, 0.1) is 5.92 Å². The summed E-state index contributed by atoms with van der Waals surface area (Å²) in [5, 5.41) is 21.0. The number of pyridine rings is 1. The first-order chi connectivity index (χ1) is 9.13. The Morgan fingerprint density at radius 3 is 2.89 bits per heavy atom. The lowest BCUT2D eigenvalue weighted by Crippen LogP contribution is -2.39. The molecule has 1 fully saturated rings. The van der Waals surface area contributed by atoms with E-state index in [2.05, 4.69) is 10.3 Å². The molecule has 19 heavy (non-hydrogen) atoms. The summed E-state index contributed by atoms with van der Waals surface area (Å²) in [4.78, 5) is 26.9. The number of carbonyl (C=O) groups excluding carboxylic acids is 1. The van der Waals surface area contributed by atoms with Crippen LogP contribution in [0.25, 0.3) is 0 Å². The fourth-order valence-electron chi connectivity index (χ4n) is 2.44. The number of carboxylic acid groups (broad SMARTS) is 1. The number of aromatic carboxylic acids is 1. The first kappa shape index (κ1) is 13.5. The molecule has 1 aromatic heterocycles. The van der Waals surface area contributed by atoms with Gasteiger partial charge in [0.1, 0.15) is 5.69 Å². The summed E-state index contributed by atoms with van der Waals surface area (Å²) >= 11 is 0. The second-order valence-electron chi connectivity index (χ2n) is 4.66. The molecule has 1 aliphatic carbocycles. The number of aliphatic hydroxyl groups is 1. The maximum atomic E-state index is 12.1. The molecular weight excluding hydrogens is 248 g/mol. The Morgan fingerprint density at radius 2 is 2.21 bits per heavy atom. The van der Waals surface area contributed by atoms with Crippen molar-refractivity contribution < 1.29 is 19.8 Å². The first-order valence-corrected chi connectivity index (χ1v) is 6.23. The van der Waals surface area contributed by atoms with Crippen LogP contribution in [0.3, 0.4) is 0 Å². The van der Waals surface area contributed by atoms with Crippen molar-refractivity contribution in [1.82, 2.24) is 10.3 Å². The van der Waals surface area contributed by atoms with E-state index in [1.165, 1.54) is 18.3 Å². The number of carboxylic acids is 1. The van der Waals surface area contributed by atoms with Crippen LogP contribution >= 0.6 is 0 Å². The Bertz CT molecular complexity index is 489. The van der Waals surface area contributed by atoms with Gasteiger partial charge in [-0.15, -0.1) is 0 Å². The quantitative estimate of drug-likeness (QED) is 0.742. The fourth-order valence-corrected chi connectivity index (χ4v) is 2.44. The van der Waals surface area contributed by atoms with E-state index in [1.54, 1.807) is 0 Å². The fraction of sp³-hybridized carbons (Fsp3) is 0.462. The van der Waals surface area contributed by atoms with Crippen molar-refractivity contribution in [2.75, 3.05) is 6.61 Å². The summed E-state index contributed by atoms with van der Waals surface area (Å²) in [6, 6.07) is 2.72. The van der Waals surface area contributed by atoms with E-state index >= 15 is 0 Å². The van der Waals surface area contributed by atoms with Gasteiger partial charge in [0.2, 0.25) is 0 Å². The Labute approximate surface area is 110 Å². The molecule has 0 radical (unpaired) electrons. The molecule has 0 aliphatic heterocycles. The third-order valence-corrected chi connectivity index (χ3v) is 3.46. The van der Waals surface area contributed by atoms with Crippen molar-refractivity contribution in [3.8, 4) is 0 Å². The van der Waals surface area contributed by atoms with Crippen LogP contribution in [-0.2, 0) is 0 Å². The van der Waals surface area contributed by atoms with Gasteiger partial charge in [-0.3, -0.25) is 9.78 Å². The maximum Gasteiger partial charge on any atom is 0.338 e. The Hall–Kier alpha value is -1.95. The molecule has 6 heteroatoms. The number of rotatable bonds is 4. The molecule has 1 aliphatic rings. The van der Waals surface area contributed by atoms with Gasteiger partial charge < -0.3 is 15.5 Å². The number of nitrogens with zero attached hydrogens (tertiary/aromatic N) is 1. The molecule has 0 aromatic carbocycles. The lowest BCUT2D eigenvalue weighted by atomic mass is 10.0. The topological polar surface area (TPSA) is 99.5 Å². The van der Waals surface area contributed by atoms with E-state index in [1.807, 2.05) is 0 Å². The van der Waals surface area contributed by atoms with Gasteiger partial charge in [0, 0.05) is 24.8 Å². The van der Waals surface area contributed by atoms with Gasteiger partial charge in [0.25, 0.3) is 5.91 Å². The molecule has 0 spiro atoms. The number of carbonyl (C=O) groups is 2. The number of hydrogen-bond donors (Lipinski definition) is 3. The first-order valence-electron chi connectivity index (χ1n) is 6.23. The minimum absolute atomic E-state index is 0.0267. The largest absolute Gasteiger partial charge is 0.478 e. The third kappa shape index (κ3) is 2.90. The molecule has 1 aromatic rings. The summed E-state index contributed by atoms with van der Waals surface area (Å²) < 4.78 is 0. The smallest absolute Gasteiger partial charge is 0.338 e. The highest BCUT2D eigenvalue weighted by molar-refractivity contribution is 6.03. The zero-order chi connectivity index (χ0) is 13.8. The van der Waals surface area contributed by atoms with Gasteiger partial charge in [-0.1, -0.05) is 6.42 Å². The van der Waals surface area contributed by atoms with Crippen LogP contribution in [0.1, 0.15) is 40.1 Å². The van der Waals surface area contributed by atoms with Crippen molar-refractivity contribution in [1.29, 1.82) is 0 Å². The number of amides is 1. The van der Waals surface area contributed by atoms with Crippen LogP contribution in [0.2, 0.25) is 0 Å². The standard InChI is InChI=1S/C13H16N2O4/c16-7-8-3-1-5-10(8)15-12(17)11-9(13(18)19)4-2-6-14-11/h2,4,6,8,10,16H,1,3,5,7H2,(H,15,17)(H,18,19). The summed E-state index contributed by atoms with van der Waals surface area (Å²) in [5.41, 5.74) is -0.197. The number of aromatic nitrogens is 1. The van der Waals surface area contributed by atoms with Gasteiger partial charge >= 0.3 is 5.97 Å². The van der Waals surface area contributed by atoms with Gasteiger partial charge in [-0.05, 0) is 25.0 Å². The molecule has 6 nitrogen and oxygen atoms in total. The molecule has 1 saturated carbocycles. The van der Waals surface area contributed by atoms with Crippen molar-refractivity contribution in [3.05, 3.63) is 29.6 Å². The van der Waals surface area contributed by atoms with Crippen molar-refractivity contribution in [3.63, 3.8) is 0 Å². The number of aliphatic hydroxyl groups excluding tert-OH is 1. The van der Waals surface area contributed by atoms with Gasteiger partial charge in [0.05, 0.1) is 5.56 Å². The van der Waals surface area contributed by atoms with Crippen LogP contribution in [0.15, 0.2) is 18.3 Å². The minimum atomic E-state index is -1.18. The maximum absolute atomic E-state index is 12.1. The molecule has 1 amide bonds. The zero-order valence-corrected chi connectivity index (χ0v) is 10.4. The van der Waals surface area contributed by atoms with Gasteiger partial charge in [-0.25, -0.2) is 4.79 Å². The molecule has 0 bridgehead atoms. The van der Waals surface area contributed by atoms with Gasteiger partial charge in [0.15, 0.2) is 0 Å². The second-order valence-corrected chi connectivity index (χ2v) is 4.66. The SMILES string of the molecule is O=C(O)c1cccnc1C(=O)NC1CCCC1CO. The molecule has 2 atom stereocenters. The molecule has 2 rings (SSSR count). The molecule has 2 unspecified atom stereocenters. The van der Waals surface area contributed by atoms with E-state index in [0.29, 0.717) is 0 Å². The van der Waals surface area contributed by atoms with Crippen LogP contribution in [-0.4, -0.2) is 39.7 Å². The van der Waals surface area contributed by atoms with E-state index < -0.39 is 11.9 Å². The summed E-state index contributed by atoms with van der Waals surface area (Å²) in [6.07, 6.45) is 4.01. The number of nitrogens with one attached hydrogen (secondary N) is 1. The van der Waals surface area contributed by atoms with Crippen LogP contribution < -0.4 is 5.32 Å². The average Bonchev–Trinajstić information content (AvgIpc) is 2.85. The highest BCUT2D eigenvalue weighted by Crippen LogP contribution is 2.25. The van der Waals surface area contributed by atoms with Crippen molar-refractivity contribution in [2.24, 2.45) is 5.92 Å². The van der Waals surface area contributed by atoms with Crippen molar-refractivity contribution >= 4 is 11.9 Å². The van der Waals surface area contributed by atoms with E-state index in [4.69, 9.17) is 5.11 Å². The van der Waals surface area contributed by atoms with Crippen molar-refractivity contribution in [2.45, 2.75) is 25.3 Å². The molecule has 1 heterocycles. The Kier molecular flexibility index (Phi) is 4.11. The lowest BCUT2D eigenvalue weighted by molar-refractivity contribution is 0.0688. The van der Waals surface area contributed by atoms with Gasteiger partial charge in [-0.2, -0.15) is 0 Å². The summed E-state index contributed by atoms with van der Waals surface area (Å²) in [5.74, 6) is -1.63. The normalized spacial score (nSPS) is 22.2. The average molecular weight is 264 g/mol. The summed E-state index contributed by atoms with van der Waals surface area (Å²) in [6.45, 7) is 0.0267. The molecule has 0 saturated heterocycles. The van der Waals surface area contributed by atoms with E-state index in [0.717, 1.165) is 19.3 Å². The number of hydrogen-bond acceptors (Lipinski definition) is 4. The molecule has 3 N–H and O–H groups in total. The highest BCUT2D eigenvalue weighted by Gasteiger charge is 2.29. The third-order valence-electron chi connectivity index (χ3n) is 3.46. The predicted molar refractivity (Wildman–Crippen MR) is 66.9 cm³/mol. The molecule has 102 valence electrons. The summed E-state index contributed by atoms with van der Waals surface area (Å²) in [7, 11) is 0. The highest BCUT2D eigenvalue weighted by atomic mass is 16.4. The lowest BCUT2D eigenvalue weighted by Gasteiger charge is -2.19. The Morgan fingerprint density at radius 1 is 1.42 bits per heavy atom. The zero-order valence-electron chi connectivity index (χ0n) is 10.4. The Balaban J connectivity index is 2.14. The van der Waals surface area contributed by atoms with Crippen LogP contribution in [0.4, 0.5) is 0 Å². The predicted octanol–water partition coefficient (Wildman–Crippen LogP) is 0.671.